The third kappa shape index (κ3) is 2.39. The first-order valence-electron chi connectivity index (χ1n) is 6.00. The van der Waals surface area contributed by atoms with Gasteiger partial charge in [-0.25, -0.2) is 0 Å². The minimum Gasteiger partial charge on any atom is -0.278 e. The van der Waals surface area contributed by atoms with Gasteiger partial charge in [-0.2, -0.15) is 5.10 Å². The number of rotatable bonds is 4. The lowest BCUT2D eigenvalue weighted by atomic mass is 10.1. The third-order valence-corrected chi connectivity index (χ3v) is 3.86. The molecule has 0 bridgehead atoms. The second-order valence-electron chi connectivity index (χ2n) is 4.11. The van der Waals surface area contributed by atoms with Crippen LogP contribution < -0.4 is 0 Å². The number of aromatic amines is 1. The van der Waals surface area contributed by atoms with Gasteiger partial charge in [0.1, 0.15) is 0 Å². The van der Waals surface area contributed by atoms with E-state index in [2.05, 4.69) is 40.0 Å². The molecule has 1 N–H and O–H groups in total. The smallest absolute Gasteiger partial charge is 0.0709 e. The van der Waals surface area contributed by atoms with Crippen molar-refractivity contribution in [3.63, 3.8) is 0 Å². The summed E-state index contributed by atoms with van der Waals surface area (Å²) >= 11 is 1.77. The molecule has 2 aromatic heterocycles. The first kappa shape index (κ1) is 12.0. The van der Waals surface area contributed by atoms with Gasteiger partial charge >= 0.3 is 0 Å². The van der Waals surface area contributed by atoms with Crippen LogP contribution in [-0.4, -0.2) is 20.9 Å². The molecular weight excluding hydrogens is 254 g/mol. The fraction of sp³-hybridized carbons (Fsp3) is 0.0667. The second kappa shape index (κ2) is 5.28. The van der Waals surface area contributed by atoms with E-state index in [9.17, 15) is 0 Å². The molecule has 94 valence electrons. The Morgan fingerprint density at radius 2 is 2.16 bits per heavy atom. The summed E-state index contributed by atoms with van der Waals surface area (Å²) in [5, 5.41) is 8.16. The molecule has 0 aliphatic carbocycles. The number of hydrogen-bond donors (Lipinski definition) is 1. The molecule has 19 heavy (non-hydrogen) atoms. The summed E-state index contributed by atoms with van der Waals surface area (Å²) in [5.41, 5.74) is 3.14. The molecule has 0 radical (unpaired) electrons. The molecule has 0 aliphatic rings. The van der Waals surface area contributed by atoms with Gasteiger partial charge in [-0.3, -0.25) is 10.1 Å². The van der Waals surface area contributed by atoms with Gasteiger partial charge in [0.2, 0.25) is 0 Å². The van der Waals surface area contributed by atoms with Crippen molar-refractivity contribution in [2.45, 2.75) is 4.90 Å². The van der Waals surface area contributed by atoms with E-state index in [0.29, 0.717) is 0 Å². The topological polar surface area (TPSA) is 41.6 Å². The predicted molar refractivity (Wildman–Crippen MR) is 80.2 cm³/mol. The summed E-state index contributed by atoms with van der Waals surface area (Å²) in [6.07, 6.45) is 5.50. The molecule has 2 heterocycles. The van der Waals surface area contributed by atoms with E-state index < -0.39 is 0 Å². The molecule has 0 aliphatic heterocycles. The lowest BCUT2D eigenvalue weighted by molar-refractivity contribution is 1.10. The molecule has 3 aromatic rings. The molecule has 0 unspecified atom stereocenters. The Morgan fingerprint density at radius 3 is 2.95 bits per heavy atom. The molecule has 0 spiro atoms. The van der Waals surface area contributed by atoms with Gasteiger partial charge in [0.25, 0.3) is 0 Å². The van der Waals surface area contributed by atoms with Gasteiger partial charge in [0.15, 0.2) is 0 Å². The first-order chi connectivity index (χ1) is 9.38. The van der Waals surface area contributed by atoms with Gasteiger partial charge in [-0.05, 0) is 30.3 Å². The zero-order chi connectivity index (χ0) is 13.1. The van der Waals surface area contributed by atoms with Crippen LogP contribution in [0.2, 0.25) is 0 Å². The van der Waals surface area contributed by atoms with Crippen LogP contribution in [0.5, 0.6) is 0 Å². The van der Waals surface area contributed by atoms with Gasteiger partial charge in [0.05, 0.1) is 11.2 Å². The molecule has 3 nitrogen and oxygen atoms in total. The van der Waals surface area contributed by atoms with Crippen LogP contribution in [0, 0.1) is 0 Å². The highest BCUT2D eigenvalue weighted by Gasteiger charge is 2.06. The van der Waals surface area contributed by atoms with Gasteiger partial charge < -0.3 is 0 Å². The number of aromatic nitrogens is 3. The van der Waals surface area contributed by atoms with Crippen LogP contribution in [0.4, 0.5) is 0 Å². The Labute approximate surface area is 115 Å². The highest BCUT2D eigenvalue weighted by molar-refractivity contribution is 7.99. The lowest BCUT2D eigenvalue weighted by Crippen LogP contribution is -1.86. The summed E-state index contributed by atoms with van der Waals surface area (Å²) in [4.78, 5) is 5.63. The van der Waals surface area contributed by atoms with Crippen molar-refractivity contribution >= 4 is 22.7 Å². The minimum absolute atomic E-state index is 0.908. The maximum absolute atomic E-state index is 4.41. The summed E-state index contributed by atoms with van der Waals surface area (Å²) in [5.74, 6) is 0.908. The molecule has 0 saturated heterocycles. The Kier molecular flexibility index (Phi) is 3.33. The Bertz CT molecular complexity index is 704. The van der Waals surface area contributed by atoms with E-state index in [1.807, 2.05) is 24.4 Å². The average molecular weight is 267 g/mol. The molecule has 3 rings (SSSR count). The Morgan fingerprint density at radius 1 is 1.21 bits per heavy atom. The Hall–Kier alpha value is -2.07. The lowest BCUT2D eigenvalue weighted by Gasteiger charge is -2.06. The van der Waals surface area contributed by atoms with Crippen molar-refractivity contribution in [3.05, 3.63) is 55.4 Å². The van der Waals surface area contributed by atoms with E-state index in [1.165, 1.54) is 4.90 Å². The maximum atomic E-state index is 4.41. The standard InChI is InChI=1S/C15H13N3S/c1-2-9-19-11-3-4-14-13(10-11)12(5-7-16-14)15-6-8-17-18-15/h2-8,10H,1,9H2,(H,17,18). The highest BCUT2D eigenvalue weighted by atomic mass is 32.2. The molecule has 4 heteroatoms. The van der Waals surface area contributed by atoms with Crippen LogP contribution in [-0.2, 0) is 0 Å². The van der Waals surface area contributed by atoms with Crippen molar-refractivity contribution in [1.82, 2.24) is 15.2 Å². The van der Waals surface area contributed by atoms with E-state index >= 15 is 0 Å². The zero-order valence-corrected chi connectivity index (χ0v) is 11.2. The van der Waals surface area contributed by atoms with Crippen molar-refractivity contribution in [1.29, 1.82) is 0 Å². The predicted octanol–water partition coefficient (Wildman–Crippen LogP) is 3.90. The molecule has 0 saturated carbocycles. The van der Waals surface area contributed by atoms with Crippen LogP contribution in [0.1, 0.15) is 0 Å². The summed E-state index contributed by atoms with van der Waals surface area (Å²) in [7, 11) is 0. The fourth-order valence-corrected chi connectivity index (χ4v) is 2.69. The van der Waals surface area contributed by atoms with Crippen LogP contribution in [0.15, 0.2) is 60.3 Å². The summed E-state index contributed by atoms with van der Waals surface area (Å²) in [6, 6.07) is 10.3. The minimum atomic E-state index is 0.908. The number of pyridine rings is 1. The average Bonchev–Trinajstić information content (AvgIpc) is 2.98. The first-order valence-corrected chi connectivity index (χ1v) is 6.99. The number of fused-ring (bicyclic) bond motifs is 1. The number of thioether (sulfide) groups is 1. The molecule has 0 fully saturated rings. The highest BCUT2D eigenvalue weighted by Crippen LogP contribution is 2.29. The van der Waals surface area contributed by atoms with E-state index in [0.717, 1.165) is 27.9 Å². The van der Waals surface area contributed by atoms with Crippen molar-refractivity contribution < 1.29 is 0 Å². The number of benzene rings is 1. The van der Waals surface area contributed by atoms with E-state index in [4.69, 9.17) is 0 Å². The molecular formula is C15H13N3S. The van der Waals surface area contributed by atoms with Gasteiger partial charge in [-0.15, -0.1) is 18.3 Å². The molecule has 0 amide bonds. The van der Waals surface area contributed by atoms with E-state index in [1.54, 1.807) is 18.0 Å². The number of hydrogen-bond acceptors (Lipinski definition) is 3. The Balaban J connectivity index is 2.14. The maximum Gasteiger partial charge on any atom is 0.0709 e. The number of nitrogens with one attached hydrogen (secondary N) is 1. The zero-order valence-electron chi connectivity index (χ0n) is 10.3. The quantitative estimate of drug-likeness (QED) is 0.575. The fourth-order valence-electron chi connectivity index (χ4n) is 2.01. The molecule has 1 aromatic carbocycles. The van der Waals surface area contributed by atoms with Gasteiger partial charge in [-0.1, -0.05) is 6.08 Å². The van der Waals surface area contributed by atoms with E-state index in [-0.39, 0.29) is 0 Å². The van der Waals surface area contributed by atoms with Crippen LogP contribution in [0.25, 0.3) is 22.2 Å². The normalized spacial score (nSPS) is 10.7. The van der Waals surface area contributed by atoms with Crippen LogP contribution >= 0.6 is 11.8 Å². The SMILES string of the molecule is C=CCSc1ccc2nccc(-c3ccn[nH]3)c2c1. The molecule has 0 atom stereocenters. The van der Waals surface area contributed by atoms with Crippen molar-refractivity contribution in [3.8, 4) is 11.3 Å². The largest absolute Gasteiger partial charge is 0.278 e. The van der Waals surface area contributed by atoms with Crippen molar-refractivity contribution in [2.75, 3.05) is 5.75 Å². The van der Waals surface area contributed by atoms with Gasteiger partial charge in [0, 0.05) is 34.0 Å². The third-order valence-electron chi connectivity index (χ3n) is 2.87. The monoisotopic (exact) mass is 267 g/mol. The van der Waals surface area contributed by atoms with Crippen LogP contribution in [0.3, 0.4) is 0 Å². The van der Waals surface area contributed by atoms with Crippen molar-refractivity contribution in [2.24, 2.45) is 0 Å². The summed E-state index contributed by atoms with van der Waals surface area (Å²) < 4.78 is 0. The number of H-pyrrole nitrogens is 1. The number of nitrogens with zero attached hydrogens (tertiary/aromatic N) is 2. The summed E-state index contributed by atoms with van der Waals surface area (Å²) in [6.45, 7) is 3.75. The second-order valence-corrected chi connectivity index (χ2v) is 5.20.